The number of alkyl halides is 2. The van der Waals surface area contributed by atoms with Gasteiger partial charge in [-0.25, -0.2) is 13.6 Å². The van der Waals surface area contributed by atoms with Crippen LogP contribution in [0.2, 0.25) is 0 Å². The lowest BCUT2D eigenvalue weighted by atomic mass is 9.74. The molecule has 1 aliphatic carbocycles. The number of hydrogen-bond acceptors (Lipinski definition) is 2. The SMILES string of the molecule is O=C(OF)[C@@H]1CC[C@H]1C(F)F. The predicted octanol–water partition coefficient (Wildman–Crippen LogP) is 1.71. The highest BCUT2D eigenvalue weighted by atomic mass is 19.3. The molecule has 1 fully saturated rings. The molecule has 0 aromatic carbocycles. The molecule has 2 atom stereocenters. The van der Waals surface area contributed by atoms with E-state index in [2.05, 4.69) is 4.94 Å². The Balaban J connectivity index is 2.43. The standard InChI is InChI=1S/C6H7F3O2/c7-5(8)3-1-2-4(3)6(10)11-9/h3-5H,1-2H2/t3-,4-/m1/s1. The average Bonchev–Trinajstić information content (AvgIpc) is 1.83. The van der Waals surface area contributed by atoms with Gasteiger partial charge in [-0.05, 0) is 12.8 Å². The van der Waals surface area contributed by atoms with Crippen molar-refractivity contribution in [2.45, 2.75) is 19.3 Å². The molecular formula is C6H7F3O2. The highest BCUT2D eigenvalue weighted by molar-refractivity contribution is 5.73. The molecular weight excluding hydrogens is 161 g/mol. The van der Waals surface area contributed by atoms with E-state index in [1.54, 1.807) is 0 Å². The van der Waals surface area contributed by atoms with Gasteiger partial charge in [0.25, 0.3) is 0 Å². The molecule has 0 aromatic rings. The first-order valence-corrected chi connectivity index (χ1v) is 3.27. The van der Waals surface area contributed by atoms with Crippen LogP contribution >= 0.6 is 0 Å². The Morgan fingerprint density at radius 2 is 2.09 bits per heavy atom. The zero-order valence-electron chi connectivity index (χ0n) is 5.60. The smallest absolute Gasteiger partial charge is 0.255 e. The van der Waals surface area contributed by atoms with Crippen LogP contribution in [0.25, 0.3) is 0 Å². The van der Waals surface area contributed by atoms with Gasteiger partial charge in [-0.1, -0.05) is 0 Å². The van der Waals surface area contributed by atoms with Crippen LogP contribution in [0.15, 0.2) is 0 Å². The van der Waals surface area contributed by atoms with E-state index in [9.17, 15) is 18.1 Å². The van der Waals surface area contributed by atoms with Crippen LogP contribution in [0.1, 0.15) is 12.8 Å². The first-order valence-electron chi connectivity index (χ1n) is 3.27. The summed E-state index contributed by atoms with van der Waals surface area (Å²) in [5, 5.41) is 0. The Kier molecular flexibility index (Phi) is 2.36. The fraction of sp³-hybridized carbons (Fsp3) is 0.833. The maximum absolute atomic E-state index is 11.9. The Hall–Kier alpha value is -0.740. The van der Waals surface area contributed by atoms with Gasteiger partial charge < -0.3 is 0 Å². The number of halogens is 3. The molecule has 2 nitrogen and oxygen atoms in total. The van der Waals surface area contributed by atoms with E-state index in [-0.39, 0.29) is 6.42 Å². The monoisotopic (exact) mass is 168 g/mol. The summed E-state index contributed by atoms with van der Waals surface area (Å²) >= 11 is 0. The fourth-order valence-corrected chi connectivity index (χ4v) is 1.18. The lowest BCUT2D eigenvalue weighted by Crippen LogP contribution is -2.37. The zero-order valence-corrected chi connectivity index (χ0v) is 5.60. The molecule has 0 N–H and O–H groups in total. The molecule has 0 bridgehead atoms. The summed E-state index contributed by atoms with van der Waals surface area (Å²) in [6, 6.07) is 0. The second kappa shape index (κ2) is 3.11. The second-order valence-corrected chi connectivity index (χ2v) is 2.58. The van der Waals surface area contributed by atoms with E-state index in [4.69, 9.17) is 0 Å². The van der Waals surface area contributed by atoms with Gasteiger partial charge in [0.1, 0.15) is 0 Å². The molecule has 11 heavy (non-hydrogen) atoms. The minimum absolute atomic E-state index is 0.275. The lowest BCUT2D eigenvalue weighted by Gasteiger charge is -2.32. The Morgan fingerprint density at radius 1 is 1.45 bits per heavy atom. The topological polar surface area (TPSA) is 26.3 Å². The summed E-state index contributed by atoms with van der Waals surface area (Å²) in [5.74, 6) is -3.10. The first-order chi connectivity index (χ1) is 5.16. The van der Waals surface area contributed by atoms with E-state index in [1.165, 1.54) is 0 Å². The molecule has 0 unspecified atom stereocenters. The summed E-state index contributed by atoms with van der Waals surface area (Å²) in [6.45, 7) is 0. The number of carbonyl (C=O) groups excluding carboxylic acids is 1. The molecule has 5 heteroatoms. The Labute approximate surface area is 61.2 Å². The van der Waals surface area contributed by atoms with E-state index < -0.39 is 24.2 Å². The third-order valence-electron chi connectivity index (χ3n) is 2.03. The van der Waals surface area contributed by atoms with Gasteiger partial charge >= 0.3 is 5.97 Å². The predicted molar refractivity (Wildman–Crippen MR) is 29.4 cm³/mol. The van der Waals surface area contributed by atoms with Crippen LogP contribution in [0.3, 0.4) is 0 Å². The van der Waals surface area contributed by atoms with Crippen molar-refractivity contribution in [1.82, 2.24) is 0 Å². The molecule has 0 spiro atoms. The third kappa shape index (κ3) is 1.46. The first kappa shape index (κ1) is 8.36. The minimum Gasteiger partial charge on any atom is -0.255 e. The van der Waals surface area contributed by atoms with Crippen molar-refractivity contribution >= 4 is 5.97 Å². The lowest BCUT2D eigenvalue weighted by molar-refractivity contribution is -0.199. The van der Waals surface area contributed by atoms with E-state index >= 15 is 0 Å². The molecule has 0 amide bonds. The molecule has 1 aliphatic rings. The van der Waals surface area contributed by atoms with Crippen LogP contribution in [0.4, 0.5) is 13.3 Å². The van der Waals surface area contributed by atoms with Gasteiger partial charge in [-0.3, -0.25) is 4.94 Å². The highest BCUT2D eigenvalue weighted by Gasteiger charge is 2.43. The molecule has 1 saturated carbocycles. The van der Waals surface area contributed by atoms with Gasteiger partial charge in [0.15, 0.2) is 0 Å². The van der Waals surface area contributed by atoms with Crippen LogP contribution in [0.5, 0.6) is 0 Å². The molecule has 0 radical (unpaired) electrons. The van der Waals surface area contributed by atoms with E-state index in [1.807, 2.05) is 0 Å². The molecule has 64 valence electrons. The molecule has 1 rings (SSSR count). The van der Waals surface area contributed by atoms with Crippen molar-refractivity contribution in [3.63, 3.8) is 0 Å². The van der Waals surface area contributed by atoms with Crippen molar-refractivity contribution in [3.8, 4) is 0 Å². The average molecular weight is 168 g/mol. The van der Waals surface area contributed by atoms with Gasteiger partial charge in [0, 0.05) is 10.4 Å². The normalized spacial score (nSPS) is 29.8. The van der Waals surface area contributed by atoms with Crippen LogP contribution < -0.4 is 0 Å². The molecule has 0 aliphatic heterocycles. The summed E-state index contributed by atoms with van der Waals surface area (Å²) in [6.07, 6.45) is -1.97. The fourth-order valence-electron chi connectivity index (χ4n) is 1.18. The van der Waals surface area contributed by atoms with Crippen LogP contribution in [-0.2, 0) is 9.74 Å². The summed E-state index contributed by atoms with van der Waals surface area (Å²) in [4.78, 5) is 13.2. The van der Waals surface area contributed by atoms with Gasteiger partial charge in [-0.15, -0.1) is 0 Å². The van der Waals surface area contributed by atoms with Crippen molar-refractivity contribution in [3.05, 3.63) is 0 Å². The minimum atomic E-state index is -2.55. The second-order valence-electron chi connectivity index (χ2n) is 2.58. The van der Waals surface area contributed by atoms with Crippen molar-refractivity contribution in [1.29, 1.82) is 0 Å². The maximum atomic E-state index is 11.9. The van der Waals surface area contributed by atoms with Crippen LogP contribution in [0, 0.1) is 11.8 Å². The Bertz CT molecular complexity index is 160. The zero-order chi connectivity index (χ0) is 8.43. The van der Waals surface area contributed by atoms with E-state index in [0.29, 0.717) is 6.42 Å². The van der Waals surface area contributed by atoms with Crippen LogP contribution in [-0.4, -0.2) is 12.4 Å². The van der Waals surface area contributed by atoms with E-state index in [0.717, 1.165) is 0 Å². The number of carbonyl (C=O) groups is 1. The molecule has 0 saturated heterocycles. The summed E-state index contributed by atoms with van der Waals surface area (Å²) in [7, 11) is 0. The number of rotatable bonds is 2. The molecule has 0 heterocycles. The number of hydrogen-bond donors (Lipinski definition) is 0. The van der Waals surface area contributed by atoms with Crippen molar-refractivity contribution < 1.29 is 23.0 Å². The van der Waals surface area contributed by atoms with Crippen molar-refractivity contribution in [2.24, 2.45) is 11.8 Å². The summed E-state index contributed by atoms with van der Waals surface area (Å²) < 4.78 is 35.0. The maximum Gasteiger partial charge on any atom is 0.352 e. The Morgan fingerprint density at radius 3 is 2.36 bits per heavy atom. The van der Waals surface area contributed by atoms with Gasteiger partial charge in [0.2, 0.25) is 6.43 Å². The largest absolute Gasteiger partial charge is 0.352 e. The highest BCUT2D eigenvalue weighted by Crippen LogP contribution is 2.39. The van der Waals surface area contributed by atoms with Gasteiger partial charge in [0.05, 0.1) is 5.92 Å². The van der Waals surface area contributed by atoms with Crippen molar-refractivity contribution in [2.75, 3.05) is 0 Å². The third-order valence-corrected chi connectivity index (χ3v) is 2.03. The summed E-state index contributed by atoms with van der Waals surface area (Å²) in [5.41, 5.74) is 0. The van der Waals surface area contributed by atoms with Gasteiger partial charge in [-0.2, -0.15) is 0 Å². The molecule has 0 aromatic heterocycles. The quantitative estimate of drug-likeness (QED) is 0.627.